The number of carboxylic acid groups (broad SMARTS) is 2. The average molecular weight is 224 g/mol. The lowest BCUT2D eigenvalue weighted by atomic mass is 9.56. The highest BCUT2D eigenvalue weighted by atomic mass is 16.4. The molecule has 0 amide bonds. The van der Waals surface area contributed by atoms with Crippen molar-refractivity contribution in [2.24, 2.45) is 23.7 Å². The maximum absolute atomic E-state index is 11.1. The van der Waals surface area contributed by atoms with Gasteiger partial charge in [-0.1, -0.05) is 24.3 Å². The van der Waals surface area contributed by atoms with Crippen LogP contribution in [0.4, 0.5) is 0 Å². The SMILES string of the molecule is C/C=C/C1C(C(=O)O)C(/C=C/C)C1C(=O)O. The Morgan fingerprint density at radius 2 is 1.19 bits per heavy atom. The van der Waals surface area contributed by atoms with Crippen molar-refractivity contribution in [1.82, 2.24) is 0 Å². The minimum absolute atomic E-state index is 0.402. The molecule has 2 N–H and O–H groups in total. The molecular formula is C12H16O4. The molecule has 16 heavy (non-hydrogen) atoms. The monoisotopic (exact) mass is 224 g/mol. The molecule has 0 heterocycles. The average Bonchev–Trinajstić information content (AvgIpc) is 2.14. The summed E-state index contributed by atoms with van der Waals surface area (Å²) < 4.78 is 0. The predicted octanol–water partition coefficient (Wildman–Crippen LogP) is 1.79. The Kier molecular flexibility index (Phi) is 3.88. The number of hydrogen-bond acceptors (Lipinski definition) is 2. The molecule has 1 aliphatic rings. The molecule has 0 aromatic carbocycles. The van der Waals surface area contributed by atoms with E-state index in [1.54, 1.807) is 38.2 Å². The lowest BCUT2D eigenvalue weighted by Crippen LogP contribution is -2.52. The Balaban J connectivity index is 2.97. The van der Waals surface area contributed by atoms with Gasteiger partial charge < -0.3 is 10.2 Å². The van der Waals surface area contributed by atoms with Crippen LogP contribution < -0.4 is 0 Å². The van der Waals surface area contributed by atoms with Crippen LogP contribution in [0.1, 0.15) is 13.8 Å². The van der Waals surface area contributed by atoms with Crippen molar-refractivity contribution in [2.75, 3.05) is 0 Å². The van der Waals surface area contributed by atoms with E-state index in [4.69, 9.17) is 10.2 Å². The minimum Gasteiger partial charge on any atom is -0.481 e. The van der Waals surface area contributed by atoms with E-state index in [1.165, 1.54) is 0 Å². The molecule has 0 aromatic heterocycles. The quantitative estimate of drug-likeness (QED) is 0.714. The van der Waals surface area contributed by atoms with Gasteiger partial charge in [-0.3, -0.25) is 9.59 Å². The molecule has 4 heteroatoms. The summed E-state index contributed by atoms with van der Waals surface area (Å²) in [5.74, 6) is -3.89. The van der Waals surface area contributed by atoms with Gasteiger partial charge in [-0.05, 0) is 13.8 Å². The van der Waals surface area contributed by atoms with Crippen molar-refractivity contribution >= 4 is 11.9 Å². The van der Waals surface area contributed by atoms with E-state index in [1.807, 2.05) is 0 Å². The van der Waals surface area contributed by atoms with Crippen molar-refractivity contribution < 1.29 is 19.8 Å². The zero-order valence-electron chi connectivity index (χ0n) is 9.33. The lowest BCUT2D eigenvalue weighted by Gasteiger charge is -2.45. The summed E-state index contributed by atoms with van der Waals surface area (Å²) in [5, 5.41) is 18.1. The highest BCUT2D eigenvalue weighted by molar-refractivity contribution is 5.81. The second-order valence-corrected chi connectivity index (χ2v) is 3.93. The topological polar surface area (TPSA) is 74.6 Å². The summed E-state index contributed by atoms with van der Waals surface area (Å²) in [6.45, 7) is 3.53. The number of carboxylic acids is 2. The normalized spacial score (nSPS) is 34.1. The highest BCUT2D eigenvalue weighted by Gasteiger charge is 2.55. The zero-order valence-corrected chi connectivity index (χ0v) is 9.33. The Labute approximate surface area is 94.3 Å². The predicted molar refractivity (Wildman–Crippen MR) is 58.9 cm³/mol. The fraction of sp³-hybridized carbons (Fsp3) is 0.500. The standard InChI is InChI=1S/C12H16O4/c1-3-5-7-9(11(13)14)8(6-4-2)10(7)12(15)16/h3-10H,1-2H3,(H,13,14)(H,15,16)/b5-3+,6-4+. The van der Waals surface area contributed by atoms with E-state index < -0.39 is 35.6 Å². The van der Waals surface area contributed by atoms with Crippen LogP contribution in [0.15, 0.2) is 24.3 Å². The first-order chi connectivity index (χ1) is 7.54. The largest absolute Gasteiger partial charge is 0.481 e. The second-order valence-electron chi connectivity index (χ2n) is 3.93. The van der Waals surface area contributed by atoms with E-state index >= 15 is 0 Å². The summed E-state index contributed by atoms with van der Waals surface area (Å²) in [7, 11) is 0. The van der Waals surface area contributed by atoms with Crippen LogP contribution in [0.5, 0.6) is 0 Å². The molecule has 0 aliphatic heterocycles. The van der Waals surface area contributed by atoms with Crippen LogP contribution in [0, 0.1) is 23.7 Å². The third kappa shape index (κ3) is 2.01. The first kappa shape index (κ1) is 12.5. The fourth-order valence-corrected chi connectivity index (χ4v) is 2.40. The maximum atomic E-state index is 11.1. The van der Waals surface area contributed by atoms with Crippen LogP contribution in [0.3, 0.4) is 0 Å². The molecule has 0 bridgehead atoms. The van der Waals surface area contributed by atoms with Crippen LogP contribution in [0.25, 0.3) is 0 Å². The van der Waals surface area contributed by atoms with Crippen LogP contribution >= 0.6 is 0 Å². The first-order valence-corrected chi connectivity index (χ1v) is 5.25. The molecule has 0 unspecified atom stereocenters. The third-order valence-corrected chi connectivity index (χ3v) is 3.06. The molecule has 0 atom stereocenters. The Bertz CT molecular complexity index is 301. The van der Waals surface area contributed by atoms with Gasteiger partial charge in [0.1, 0.15) is 0 Å². The van der Waals surface area contributed by atoms with Gasteiger partial charge in [0.25, 0.3) is 0 Å². The molecule has 0 aromatic rings. The van der Waals surface area contributed by atoms with Crippen LogP contribution in [-0.4, -0.2) is 22.2 Å². The van der Waals surface area contributed by atoms with Crippen molar-refractivity contribution in [2.45, 2.75) is 13.8 Å². The minimum atomic E-state index is -0.927. The van der Waals surface area contributed by atoms with Gasteiger partial charge in [0.15, 0.2) is 0 Å². The van der Waals surface area contributed by atoms with E-state index in [0.717, 1.165) is 0 Å². The third-order valence-electron chi connectivity index (χ3n) is 3.06. The number of allylic oxidation sites excluding steroid dienone is 4. The first-order valence-electron chi connectivity index (χ1n) is 5.25. The van der Waals surface area contributed by atoms with Crippen LogP contribution in [-0.2, 0) is 9.59 Å². The number of rotatable bonds is 4. The van der Waals surface area contributed by atoms with Gasteiger partial charge in [-0.25, -0.2) is 0 Å². The molecule has 1 aliphatic carbocycles. The molecule has 88 valence electrons. The van der Waals surface area contributed by atoms with Crippen molar-refractivity contribution in [3.8, 4) is 0 Å². The summed E-state index contributed by atoms with van der Waals surface area (Å²) >= 11 is 0. The lowest BCUT2D eigenvalue weighted by molar-refractivity contribution is -0.164. The summed E-state index contributed by atoms with van der Waals surface area (Å²) in [6, 6.07) is 0. The van der Waals surface area contributed by atoms with Crippen molar-refractivity contribution in [3.05, 3.63) is 24.3 Å². The zero-order chi connectivity index (χ0) is 12.3. The molecule has 1 rings (SSSR count). The Hall–Kier alpha value is -1.58. The van der Waals surface area contributed by atoms with Crippen LogP contribution in [0.2, 0.25) is 0 Å². The molecule has 0 radical (unpaired) electrons. The highest BCUT2D eigenvalue weighted by Crippen LogP contribution is 2.48. The Morgan fingerprint density at radius 3 is 1.38 bits per heavy atom. The van der Waals surface area contributed by atoms with Gasteiger partial charge in [0.2, 0.25) is 0 Å². The van der Waals surface area contributed by atoms with Crippen molar-refractivity contribution in [3.63, 3.8) is 0 Å². The molecule has 0 saturated heterocycles. The Morgan fingerprint density at radius 1 is 0.875 bits per heavy atom. The molecule has 1 fully saturated rings. The summed E-state index contributed by atoms with van der Waals surface area (Å²) in [4.78, 5) is 22.1. The number of aliphatic carboxylic acids is 2. The summed E-state index contributed by atoms with van der Waals surface area (Å²) in [6.07, 6.45) is 6.78. The van der Waals surface area contributed by atoms with E-state index in [2.05, 4.69) is 0 Å². The van der Waals surface area contributed by atoms with Gasteiger partial charge in [-0.15, -0.1) is 0 Å². The van der Waals surface area contributed by atoms with Gasteiger partial charge >= 0.3 is 11.9 Å². The molecule has 4 nitrogen and oxygen atoms in total. The van der Waals surface area contributed by atoms with Gasteiger partial charge in [-0.2, -0.15) is 0 Å². The van der Waals surface area contributed by atoms with E-state index in [0.29, 0.717) is 0 Å². The van der Waals surface area contributed by atoms with E-state index in [9.17, 15) is 9.59 Å². The molecule has 0 spiro atoms. The maximum Gasteiger partial charge on any atom is 0.307 e. The van der Waals surface area contributed by atoms with E-state index in [-0.39, 0.29) is 0 Å². The number of hydrogen-bond donors (Lipinski definition) is 2. The fourth-order valence-electron chi connectivity index (χ4n) is 2.40. The smallest absolute Gasteiger partial charge is 0.307 e. The number of carbonyl (C=O) groups is 2. The molecular weight excluding hydrogens is 208 g/mol. The van der Waals surface area contributed by atoms with Crippen molar-refractivity contribution in [1.29, 1.82) is 0 Å². The molecule has 1 saturated carbocycles. The van der Waals surface area contributed by atoms with Gasteiger partial charge in [0.05, 0.1) is 11.8 Å². The van der Waals surface area contributed by atoms with Gasteiger partial charge in [0, 0.05) is 11.8 Å². The summed E-state index contributed by atoms with van der Waals surface area (Å²) in [5.41, 5.74) is 0. The second kappa shape index (κ2) is 4.96.